The fraction of sp³-hybridized carbons (Fsp3) is 0.682. The number of hydrogen-bond donors (Lipinski definition) is 3. The number of likely N-dealkylation sites (N-methyl/N-ethyl adjacent to an activating group) is 1. The van der Waals surface area contributed by atoms with Crippen molar-refractivity contribution >= 4 is 41.0 Å². The van der Waals surface area contributed by atoms with Gasteiger partial charge in [0.2, 0.25) is 11.8 Å². The van der Waals surface area contributed by atoms with Crippen LogP contribution < -0.4 is 15.4 Å². The Balaban J connectivity index is 1.92. The zero-order chi connectivity index (χ0) is 42.9. The largest absolute Gasteiger partial charge is 0.497 e. The number of rotatable bonds is 24. The molecule has 0 spiro atoms. The topological polar surface area (TPSA) is 167 Å². The molecule has 14 heteroatoms. The molecular formula is C44H69N5O8S. The van der Waals surface area contributed by atoms with E-state index in [2.05, 4.69) is 27.4 Å². The van der Waals surface area contributed by atoms with Crippen LogP contribution in [-0.2, 0) is 30.3 Å². The van der Waals surface area contributed by atoms with E-state index in [-0.39, 0.29) is 54.3 Å². The van der Waals surface area contributed by atoms with E-state index in [1.165, 1.54) is 18.3 Å². The lowest BCUT2D eigenvalue weighted by molar-refractivity contribution is -0.150. The molecule has 0 radical (unpaired) electrons. The molecule has 1 aromatic heterocycles. The summed E-state index contributed by atoms with van der Waals surface area (Å²) in [6.07, 6.45) is 7.26. The van der Waals surface area contributed by atoms with Gasteiger partial charge in [0.05, 0.1) is 19.1 Å². The number of esters is 1. The molecule has 0 bridgehead atoms. The Bertz CT molecular complexity index is 1620. The van der Waals surface area contributed by atoms with E-state index in [4.69, 9.17) is 9.47 Å². The van der Waals surface area contributed by atoms with Crippen LogP contribution in [0.2, 0.25) is 0 Å². The number of likely N-dealkylation sites (tertiary alicyclic amines) is 1. The second-order valence-corrected chi connectivity index (χ2v) is 17.3. The summed E-state index contributed by atoms with van der Waals surface area (Å²) in [5, 5.41) is 17.9. The van der Waals surface area contributed by atoms with Gasteiger partial charge in [-0.15, -0.1) is 11.3 Å². The maximum atomic E-state index is 14.9. The number of nitrogens with zero attached hydrogens (tertiary/aromatic N) is 3. The van der Waals surface area contributed by atoms with Gasteiger partial charge in [0.1, 0.15) is 22.5 Å². The van der Waals surface area contributed by atoms with Crippen LogP contribution in [0, 0.1) is 17.8 Å². The normalized spacial score (nSPS) is 17.7. The second kappa shape index (κ2) is 24.1. The average Bonchev–Trinajstić information content (AvgIpc) is 3.69. The van der Waals surface area contributed by atoms with E-state index in [0.717, 1.165) is 57.1 Å². The van der Waals surface area contributed by atoms with Crippen LogP contribution in [0.25, 0.3) is 0 Å². The summed E-state index contributed by atoms with van der Waals surface area (Å²) in [6, 6.07) is 5.50. The number of unbranched alkanes of at least 4 members (excludes halogenated alkanes) is 3. The van der Waals surface area contributed by atoms with Crippen LogP contribution in [-0.4, -0.2) is 101 Å². The van der Waals surface area contributed by atoms with Crippen molar-refractivity contribution in [3.05, 3.63) is 45.9 Å². The van der Waals surface area contributed by atoms with Gasteiger partial charge >= 0.3 is 11.9 Å². The minimum Gasteiger partial charge on any atom is -0.497 e. The molecule has 2 unspecified atom stereocenters. The molecule has 7 atom stereocenters. The van der Waals surface area contributed by atoms with E-state index >= 15 is 0 Å². The Hall–Kier alpha value is -4.04. The van der Waals surface area contributed by atoms with Crippen LogP contribution >= 0.6 is 11.3 Å². The lowest BCUT2D eigenvalue weighted by atomic mass is 9.91. The third-order valence-corrected chi connectivity index (χ3v) is 12.3. The number of aromatic nitrogens is 1. The summed E-state index contributed by atoms with van der Waals surface area (Å²) in [7, 11) is 3.54. The third-order valence-electron chi connectivity index (χ3n) is 11.4. The lowest BCUT2D eigenvalue weighted by Gasteiger charge is -2.40. The smallest absolute Gasteiger partial charge is 0.306 e. The van der Waals surface area contributed by atoms with Crippen molar-refractivity contribution in [2.45, 2.75) is 149 Å². The van der Waals surface area contributed by atoms with Crippen LogP contribution in [0.15, 0.2) is 29.6 Å². The molecule has 1 aliphatic heterocycles. The molecular weight excluding hydrogens is 759 g/mol. The number of hydrogen-bond acceptors (Lipinski definition) is 10. The monoisotopic (exact) mass is 827 g/mol. The fourth-order valence-electron chi connectivity index (χ4n) is 7.61. The average molecular weight is 828 g/mol. The van der Waals surface area contributed by atoms with Crippen LogP contribution in [0.1, 0.15) is 140 Å². The van der Waals surface area contributed by atoms with E-state index in [1.54, 1.807) is 19.4 Å². The SMILES string of the molecule is CCCCCCN(C(=O)C(NC(=O)C1CCCCN1C)[C@@H](C)CC)[C@H](C[C@@H](OC(C)=O)c1nc(C(=O)N[C@@H](Cc2ccc(OC)cc2)C[C@H](C)C(=O)O)cs1)C(C)C. The Morgan fingerprint density at radius 1 is 1.00 bits per heavy atom. The molecule has 3 N–H and O–H groups in total. The first kappa shape index (κ1) is 48.3. The van der Waals surface area contributed by atoms with Gasteiger partial charge in [-0.3, -0.25) is 28.9 Å². The summed E-state index contributed by atoms with van der Waals surface area (Å²) >= 11 is 1.20. The predicted octanol–water partition coefficient (Wildman–Crippen LogP) is 7.05. The summed E-state index contributed by atoms with van der Waals surface area (Å²) in [5.74, 6) is -2.39. The first-order valence-electron chi connectivity index (χ1n) is 21.2. The number of carboxylic acid groups (broad SMARTS) is 1. The number of carbonyl (C=O) groups is 5. The van der Waals surface area contributed by atoms with Gasteiger partial charge in [-0.1, -0.05) is 85.8 Å². The first-order valence-corrected chi connectivity index (χ1v) is 22.1. The molecule has 1 saturated heterocycles. The Labute approximate surface area is 350 Å². The molecule has 58 heavy (non-hydrogen) atoms. The van der Waals surface area contributed by atoms with Gasteiger partial charge in [0.25, 0.3) is 5.91 Å². The summed E-state index contributed by atoms with van der Waals surface area (Å²) in [6.45, 7) is 14.5. The van der Waals surface area contributed by atoms with E-state index < -0.39 is 42.0 Å². The molecule has 0 aliphatic carbocycles. The summed E-state index contributed by atoms with van der Waals surface area (Å²) < 4.78 is 11.2. The van der Waals surface area contributed by atoms with Gasteiger partial charge in [-0.2, -0.15) is 0 Å². The highest BCUT2D eigenvalue weighted by Gasteiger charge is 2.38. The molecule has 1 fully saturated rings. The number of ether oxygens (including phenoxy) is 2. The zero-order valence-electron chi connectivity index (χ0n) is 36.3. The van der Waals surface area contributed by atoms with Crippen LogP contribution in [0.4, 0.5) is 0 Å². The van der Waals surface area contributed by atoms with Crippen molar-refractivity contribution in [1.29, 1.82) is 0 Å². The maximum absolute atomic E-state index is 14.9. The Kier molecular flexibility index (Phi) is 20.1. The number of nitrogens with one attached hydrogen (secondary N) is 2. The van der Waals surface area contributed by atoms with Crippen molar-refractivity contribution in [3.63, 3.8) is 0 Å². The Morgan fingerprint density at radius 2 is 1.71 bits per heavy atom. The van der Waals surface area contributed by atoms with E-state index in [1.807, 2.05) is 63.9 Å². The van der Waals surface area contributed by atoms with Crippen LogP contribution in [0.5, 0.6) is 5.75 Å². The van der Waals surface area contributed by atoms with Crippen molar-refractivity contribution in [2.24, 2.45) is 17.8 Å². The number of thiazole rings is 1. The maximum Gasteiger partial charge on any atom is 0.306 e. The summed E-state index contributed by atoms with van der Waals surface area (Å²) in [5.41, 5.74) is 1.03. The van der Waals surface area contributed by atoms with Gasteiger partial charge < -0.3 is 30.1 Å². The van der Waals surface area contributed by atoms with Gasteiger partial charge in [0, 0.05) is 37.4 Å². The van der Waals surface area contributed by atoms with Gasteiger partial charge in [0.15, 0.2) is 6.10 Å². The predicted molar refractivity (Wildman–Crippen MR) is 227 cm³/mol. The minimum atomic E-state index is -0.957. The number of aliphatic carboxylic acids is 1. The minimum absolute atomic E-state index is 0.0522. The quantitative estimate of drug-likeness (QED) is 0.0738. The molecule has 0 saturated carbocycles. The zero-order valence-corrected chi connectivity index (χ0v) is 37.1. The molecule has 2 aromatic rings. The number of methoxy groups -OCH3 is 1. The lowest BCUT2D eigenvalue weighted by Crippen LogP contribution is -2.59. The molecule has 13 nitrogen and oxygen atoms in total. The molecule has 3 amide bonds. The number of carbonyl (C=O) groups excluding carboxylic acids is 4. The second-order valence-electron chi connectivity index (χ2n) is 16.4. The molecule has 3 rings (SSSR count). The van der Waals surface area contributed by atoms with Crippen molar-refractivity contribution in [2.75, 3.05) is 27.2 Å². The highest BCUT2D eigenvalue weighted by atomic mass is 32.1. The highest BCUT2D eigenvalue weighted by Crippen LogP contribution is 2.32. The van der Waals surface area contributed by atoms with E-state index in [0.29, 0.717) is 30.1 Å². The Morgan fingerprint density at radius 3 is 2.29 bits per heavy atom. The molecule has 1 aromatic carbocycles. The third kappa shape index (κ3) is 14.7. The highest BCUT2D eigenvalue weighted by molar-refractivity contribution is 7.09. The van der Waals surface area contributed by atoms with E-state index in [9.17, 15) is 29.1 Å². The first-order chi connectivity index (χ1) is 27.6. The molecule has 324 valence electrons. The number of benzene rings is 1. The van der Waals surface area contributed by atoms with Crippen molar-refractivity contribution in [1.82, 2.24) is 25.4 Å². The van der Waals surface area contributed by atoms with Crippen molar-refractivity contribution < 1.29 is 38.6 Å². The molecule has 2 heterocycles. The van der Waals surface area contributed by atoms with Crippen molar-refractivity contribution in [3.8, 4) is 5.75 Å². The van der Waals surface area contributed by atoms with Gasteiger partial charge in [-0.05, 0) is 75.2 Å². The number of carboxylic acids is 1. The fourth-order valence-corrected chi connectivity index (χ4v) is 8.45. The van der Waals surface area contributed by atoms with Gasteiger partial charge in [-0.25, -0.2) is 4.98 Å². The number of piperidine rings is 1. The van der Waals surface area contributed by atoms with Crippen LogP contribution in [0.3, 0.4) is 0 Å². The number of amides is 3. The molecule has 1 aliphatic rings. The standard InChI is InChI=1S/C44H69N5O8S/c1-10-12-13-15-23-49(43(53)39(29(5)11-2)47-41(52)36-17-14-16-22-48(36)8)37(28(3)4)26-38(57-31(7)50)42-46-35(27-58-42)40(51)45-33(24-30(6)44(54)55)25-32-18-20-34(56-9)21-19-32/h18-21,27-30,33,36-39H,10-17,22-26H2,1-9H3,(H,45,51)(H,47,52)(H,54,55)/t29-,30-,33+,36?,37+,38+,39?/m0/s1. The summed E-state index contributed by atoms with van der Waals surface area (Å²) in [4.78, 5) is 75.3.